The average Bonchev–Trinajstić information content (AvgIpc) is 3.34. The van der Waals surface area contributed by atoms with E-state index >= 15 is 0 Å². The lowest BCUT2D eigenvalue weighted by Gasteiger charge is -2.09. The SMILES string of the molecule is NCC(=O)CCC(=O)OCCOc1ccc2c(c1)-c1nc3nc(nc4[nH]c([nH]c5nc(nc-2n1)-c1cc(OCCOC(=O)CCC(=O)CN)ccc1-5)c1cc(OCCOC(=O)CCC(=O)CN)ccc41)-c1cc(OCCOC(=O)CCC(=O)CN)ccc1-3. The molecule has 9 rings (SSSR count). The number of aromatic amines is 2. The molecule has 0 amide bonds. The van der Waals surface area contributed by atoms with Crippen LogP contribution in [0.2, 0.25) is 0 Å². The van der Waals surface area contributed by atoms with E-state index in [4.69, 9.17) is 90.7 Å². The van der Waals surface area contributed by atoms with Crippen LogP contribution in [0, 0.1) is 0 Å². The van der Waals surface area contributed by atoms with Crippen molar-refractivity contribution in [2.24, 2.45) is 22.9 Å². The zero-order chi connectivity index (χ0) is 62.1. The lowest BCUT2D eigenvalue weighted by atomic mass is 10.1. The molecule has 6 aromatic rings. The number of nitrogens with one attached hydrogen (secondary N) is 2. The minimum Gasteiger partial charge on any atom is -0.490 e. The van der Waals surface area contributed by atoms with Crippen LogP contribution in [-0.2, 0) is 57.3 Å². The predicted octanol–water partition coefficient (Wildman–Crippen LogP) is 3.69. The van der Waals surface area contributed by atoms with E-state index in [9.17, 15) is 38.4 Å². The van der Waals surface area contributed by atoms with Crippen LogP contribution in [0.15, 0.2) is 72.8 Å². The van der Waals surface area contributed by atoms with Crippen molar-refractivity contribution in [2.45, 2.75) is 51.4 Å². The second-order valence-electron chi connectivity index (χ2n) is 19.7. The fourth-order valence-electron chi connectivity index (χ4n) is 8.99. The van der Waals surface area contributed by atoms with Gasteiger partial charge in [0, 0.05) is 69.8 Å². The smallest absolute Gasteiger partial charge is 0.306 e. The molecule has 0 aliphatic carbocycles. The third kappa shape index (κ3) is 16.2. The first-order valence-electron chi connectivity index (χ1n) is 28.1. The molecule has 3 aliphatic heterocycles. The van der Waals surface area contributed by atoms with Crippen molar-refractivity contribution in [3.63, 3.8) is 0 Å². The third-order valence-electron chi connectivity index (χ3n) is 13.5. The Bertz CT molecular complexity index is 3880. The van der Waals surface area contributed by atoms with Crippen LogP contribution in [-0.4, -0.2) is 166 Å². The summed E-state index contributed by atoms with van der Waals surface area (Å²) in [4.78, 5) is 133. The molecule has 28 heteroatoms. The molecular formula is C60H62N12O16. The highest BCUT2D eigenvalue weighted by Gasteiger charge is 2.27. The number of rotatable bonds is 32. The number of Topliss-reactive ketones (excluding diaryl/α,β-unsaturated/α-hetero) is 4. The standard InChI is InChI=1S/C60H62N12O16/c61-29-33(73)1-13-49(77)85-21-17-81-37-5-9-41-45(25-37)57-65-53(41)70-58-47-27-39(83-19-23-87-51(79)15-3-35(75)31-63)7-11-43(47)55(67-58)72-60-48-28-40(84-20-24-88-52(80)16-4-36(76)32-64)8-12-44(48)56(68-60)71-59-46-26-38(6-10-42(46)54(66-59)69-57)82-18-22-86-50(78)14-2-34(74)30-62/h5-12,25-28H,1-4,13-24,29-32,61-64H2,(H2,65,66,67,68,69,70,71,72). The summed E-state index contributed by atoms with van der Waals surface area (Å²) in [6.07, 6.45) is -0.595. The van der Waals surface area contributed by atoms with Gasteiger partial charge >= 0.3 is 23.9 Å². The summed E-state index contributed by atoms with van der Waals surface area (Å²) < 4.78 is 45.4. The van der Waals surface area contributed by atoms with Gasteiger partial charge in [-0.2, -0.15) is 0 Å². The molecule has 4 aromatic carbocycles. The van der Waals surface area contributed by atoms with Gasteiger partial charge in [-0.25, -0.2) is 29.9 Å². The number of H-pyrrole nitrogens is 2. The molecule has 0 unspecified atom stereocenters. The molecule has 3 aliphatic rings. The first-order chi connectivity index (χ1) is 42.7. The summed E-state index contributed by atoms with van der Waals surface area (Å²) >= 11 is 0. The van der Waals surface area contributed by atoms with Gasteiger partial charge in [0.25, 0.3) is 0 Å². The summed E-state index contributed by atoms with van der Waals surface area (Å²) in [5.74, 6) is -0.469. The number of fused-ring (bicyclic) bond motifs is 20. The molecule has 10 N–H and O–H groups in total. The van der Waals surface area contributed by atoms with Crippen molar-refractivity contribution in [1.29, 1.82) is 0 Å². The van der Waals surface area contributed by atoms with Crippen molar-refractivity contribution in [3.8, 4) is 91.3 Å². The summed E-state index contributed by atoms with van der Waals surface area (Å²) in [6.45, 7) is -1.23. The monoisotopic (exact) mass is 1210 g/mol. The van der Waals surface area contributed by atoms with E-state index in [2.05, 4.69) is 9.97 Å². The van der Waals surface area contributed by atoms with E-state index in [0.717, 1.165) is 0 Å². The van der Waals surface area contributed by atoms with E-state index in [1.807, 2.05) is 0 Å². The summed E-state index contributed by atoms with van der Waals surface area (Å²) in [5.41, 5.74) is 25.4. The van der Waals surface area contributed by atoms with Crippen LogP contribution < -0.4 is 41.9 Å². The van der Waals surface area contributed by atoms with Gasteiger partial charge in [-0.15, -0.1) is 0 Å². The largest absolute Gasteiger partial charge is 0.490 e. The average molecular weight is 1210 g/mol. The highest BCUT2D eigenvalue weighted by Crippen LogP contribution is 2.42. The molecule has 0 spiro atoms. The summed E-state index contributed by atoms with van der Waals surface area (Å²) in [6, 6.07) is 20.8. The van der Waals surface area contributed by atoms with Crippen molar-refractivity contribution in [3.05, 3.63) is 72.8 Å². The van der Waals surface area contributed by atoms with Crippen molar-refractivity contribution < 1.29 is 76.3 Å². The molecule has 0 saturated carbocycles. The Morgan fingerprint density at radius 3 is 1.06 bits per heavy atom. The highest BCUT2D eigenvalue weighted by atomic mass is 16.6. The molecule has 88 heavy (non-hydrogen) atoms. The maximum atomic E-state index is 12.3. The number of ketones is 4. The van der Waals surface area contributed by atoms with Gasteiger partial charge in [0.2, 0.25) is 0 Å². The minimum absolute atomic E-state index is 0.0218. The number of hydrogen-bond donors (Lipinski definition) is 6. The number of esters is 4. The zero-order valence-corrected chi connectivity index (χ0v) is 47.6. The number of ether oxygens (including phenoxy) is 8. The van der Waals surface area contributed by atoms with Gasteiger partial charge in [0.1, 0.15) is 116 Å². The molecule has 0 radical (unpaired) electrons. The topological polar surface area (TPSA) is 423 Å². The number of nitrogens with two attached hydrogens (primary N) is 4. The Hall–Kier alpha value is -10.2. The van der Waals surface area contributed by atoms with Crippen LogP contribution in [0.1, 0.15) is 51.4 Å². The zero-order valence-electron chi connectivity index (χ0n) is 47.6. The summed E-state index contributed by atoms with van der Waals surface area (Å²) in [5, 5.41) is 1.19. The van der Waals surface area contributed by atoms with E-state index in [1.54, 1.807) is 72.8 Å². The molecule has 8 bridgehead atoms. The van der Waals surface area contributed by atoms with Crippen molar-refractivity contribution >= 4 is 69.1 Å². The Kier molecular flexibility index (Phi) is 21.1. The second-order valence-corrected chi connectivity index (χ2v) is 19.7. The van der Waals surface area contributed by atoms with Gasteiger partial charge in [-0.3, -0.25) is 38.4 Å². The maximum Gasteiger partial charge on any atom is 0.306 e. The predicted molar refractivity (Wildman–Crippen MR) is 313 cm³/mol. The van der Waals surface area contributed by atoms with Crippen molar-refractivity contribution in [1.82, 2.24) is 39.9 Å². The Morgan fingerprint density at radius 1 is 0.330 bits per heavy atom. The van der Waals surface area contributed by atoms with Gasteiger partial charge in [0.15, 0.2) is 29.1 Å². The number of aromatic nitrogens is 8. The normalized spacial score (nSPS) is 11.3. The molecule has 5 heterocycles. The third-order valence-corrected chi connectivity index (χ3v) is 13.5. The molecule has 0 fully saturated rings. The first kappa shape index (κ1) is 62.4. The van der Waals surface area contributed by atoms with Crippen LogP contribution in [0.25, 0.3) is 90.4 Å². The van der Waals surface area contributed by atoms with Crippen LogP contribution in [0.3, 0.4) is 0 Å². The molecule has 458 valence electrons. The fourth-order valence-corrected chi connectivity index (χ4v) is 8.99. The minimum atomic E-state index is -0.576. The Balaban J connectivity index is 1.12. The number of nitrogens with zero attached hydrogens (tertiary/aromatic N) is 6. The molecular weight excluding hydrogens is 1140 g/mol. The van der Waals surface area contributed by atoms with Gasteiger partial charge in [0.05, 0.1) is 51.9 Å². The fraction of sp³-hybridized carbons (Fsp3) is 0.333. The van der Waals surface area contributed by atoms with E-state index in [1.165, 1.54) is 0 Å². The lowest BCUT2D eigenvalue weighted by Crippen LogP contribution is -2.17. The molecule has 28 nitrogen and oxygen atoms in total. The van der Waals surface area contributed by atoms with E-state index in [-0.39, 0.29) is 183 Å². The molecule has 0 atom stereocenters. The highest BCUT2D eigenvalue weighted by molar-refractivity contribution is 6.05. The lowest BCUT2D eigenvalue weighted by molar-refractivity contribution is -0.146. The first-order valence-corrected chi connectivity index (χ1v) is 28.1. The van der Waals surface area contributed by atoms with E-state index < -0.39 is 23.9 Å². The Labute approximate surface area is 501 Å². The number of carbonyl (C=O) groups is 8. The Morgan fingerprint density at radius 2 is 0.659 bits per heavy atom. The van der Waals surface area contributed by atoms with Crippen LogP contribution >= 0.6 is 0 Å². The molecule has 2 aromatic heterocycles. The van der Waals surface area contributed by atoms with Crippen LogP contribution in [0.4, 0.5) is 0 Å². The number of benzene rings is 4. The van der Waals surface area contributed by atoms with Gasteiger partial charge in [-0.05, 0) is 72.8 Å². The van der Waals surface area contributed by atoms with Gasteiger partial charge in [-0.1, -0.05) is 0 Å². The quantitative estimate of drug-likeness (QED) is 0.0199. The van der Waals surface area contributed by atoms with E-state index in [0.29, 0.717) is 84.3 Å². The summed E-state index contributed by atoms with van der Waals surface area (Å²) in [7, 11) is 0. The second kappa shape index (κ2) is 29.8. The van der Waals surface area contributed by atoms with Gasteiger partial charge < -0.3 is 70.8 Å². The maximum absolute atomic E-state index is 12.3. The van der Waals surface area contributed by atoms with Crippen molar-refractivity contribution in [2.75, 3.05) is 79.0 Å². The van der Waals surface area contributed by atoms with Crippen LogP contribution in [0.5, 0.6) is 23.0 Å². The number of hydrogen-bond acceptors (Lipinski definition) is 26. The molecule has 0 saturated heterocycles. The number of carbonyl (C=O) groups excluding carboxylic acids is 8.